The SMILES string of the molecule is CCOC1(c2ccc([N+](=O)[O-])cc2)CCCCCN1. The molecule has 0 saturated carbocycles. The summed E-state index contributed by atoms with van der Waals surface area (Å²) in [4.78, 5) is 10.3. The summed E-state index contributed by atoms with van der Waals surface area (Å²) in [5, 5.41) is 14.2. The number of nitro benzene ring substituents is 1. The number of nitrogens with one attached hydrogen (secondary N) is 1. The van der Waals surface area contributed by atoms with Gasteiger partial charge in [0.1, 0.15) is 5.72 Å². The lowest BCUT2D eigenvalue weighted by Gasteiger charge is -2.34. The highest BCUT2D eigenvalue weighted by atomic mass is 16.6. The van der Waals surface area contributed by atoms with Crippen LogP contribution in [0.2, 0.25) is 0 Å². The summed E-state index contributed by atoms with van der Waals surface area (Å²) in [6.45, 7) is 3.50. The lowest BCUT2D eigenvalue weighted by molar-refractivity contribution is -0.384. The van der Waals surface area contributed by atoms with Gasteiger partial charge in [0.05, 0.1) is 4.92 Å². The smallest absolute Gasteiger partial charge is 0.269 e. The first-order valence-electron chi connectivity index (χ1n) is 6.82. The van der Waals surface area contributed by atoms with E-state index in [-0.39, 0.29) is 10.6 Å². The number of hydrogen-bond donors (Lipinski definition) is 1. The molecule has 1 aliphatic heterocycles. The van der Waals surface area contributed by atoms with Crippen molar-refractivity contribution in [2.75, 3.05) is 13.2 Å². The van der Waals surface area contributed by atoms with Gasteiger partial charge in [0, 0.05) is 18.7 Å². The van der Waals surface area contributed by atoms with Gasteiger partial charge in [0.25, 0.3) is 5.69 Å². The molecule has 1 atom stereocenters. The van der Waals surface area contributed by atoms with E-state index in [1.54, 1.807) is 24.3 Å². The standard InChI is InChI=1S/C14H20N2O3/c1-2-19-14(10-4-3-5-11-15-14)12-6-8-13(9-7-12)16(17)18/h6-9,15H,2-5,10-11H2,1H3. The fourth-order valence-electron chi connectivity index (χ4n) is 2.61. The van der Waals surface area contributed by atoms with Gasteiger partial charge in [-0.15, -0.1) is 0 Å². The van der Waals surface area contributed by atoms with Gasteiger partial charge in [-0.05, 0) is 50.4 Å². The third kappa shape index (κ3) is 3.11. The van der Waals surface area contributed by atoms with E-state index >= 15 is 0 Å². The topological polar surface area (TPSA) is 64.4 Å². The number of nitro groups is 1. The zero-order chi connectivity index (χ0) is 13.7. The summed E-state index contributed by atoms with van der Waals surface area (Å²) in [7, 11) is 0. The van der Waals surface area contributed by atoms with Gasteiger partial charge in [0.2, 0.25) is 0 Å². The van der Waals surface area contributed by atoms with Crippen molar-refractivity contribution in [3.05, 3.63) is 39.9 Å². The molecule has 1 fully saturated rings. The summed E-state index contributed by atoms with van der Waals surface area (Å²) < 4.78 is 5.96. The lowest BCUT2D eigenvalue weighted by Crippen LogP contribution is -2.44. The molecule has 2 rings (SSSR count). The fraction of sp³-hybridized carbons (Fsp3) is 0.571. The van der Waals surface area contributed by atoms with E-state index in [0.29, 0.717) is 6.61 Å². The van der Waals surface area contributed by atoms with Crippen molar-refractivity contribution < 1.29 is 9.66 Å². The van der Waals surface area contributed by atoms with Crippen LogP contribution in [0.25, 0.3) is 0 Å². The van der Waals surface area contributed by atoms with Gasteiger partial charge < -0.3 is 4.74 Å². The lowest BCUT2D eigenvalue weighted by atomic mass is 9.97. The zero-order valence-corrected chi connectivity index (χ0v) is 11.2. The van der Waals surface area contributed by atoms with Crippen LogP contribution in [0.1, 0.15) is 38.2 Å². The third-order valence-electron chi connectivity index (χ3n) is 3.55. The number of rotatable bonds is 4. The number of benzene rings is 1. The van der Waals surface area contributed by atoms with Crippen molar-refractivity contribution >= 4 is 5.69 Å². The van der Waals surface area contributed by atoms with Gasteiger partial charge in [-0.2, -0.15) is 0 Å². The monoisotopic (exact) mass is 264 g/mol. The molecule has 1 saturated heterocycles. The highest BCUT2D eigenvalue weighted by molar-refractivity contribution is 5.35. The van der Waals surface area contributed by atoms with Crippen molar-refractivity contribution in [1.82, 2.24) is 5.32 Å². The van der Waals surface area contributed by atoms with Crippen LogP contribution < -0.4 is 5.32 Å². The average Bonchev–Trinajstić information content (AvgIpc) is 2.66. The Labute approximate surface area is 113 Å². The first-order chi connectivity index (χ1) is 9.18. The van der Waals surface area contributed by atoms with E-state index in [9.17, 15) is 10.1 Å². The second kappa shape index (κ2) is 6.12. The molecule has 0 amide bonds. The number of hydrogen-bond acceptors (Lipinski definition) is 4. The summed E-state index contributed by atoms with van der Waals surface area (Å²) in [5.74, 6) is 0. The van der Waals surface area contributed by atoms with Gasteiger partial charge in [-0.1, -0.05) is 6.42 Å². The molecule has 0 aromatic heterocycles. The Morgan fingerprint density at radius 3 is 2.68 bits per heavy atom. The molecule has 1 aliphatic rings. The first-order valence-corrected chi connectivity index (χ1v) is 6.82. The molecular formula is C14H20N2O3. The normalized spacial score (nSPS) is 23.8. The van der Waals surface area contributed by atoms with Crippen molar-refractivity contribution in [2.45, 2.75) is 38.3 Å². The van der Waals surface area contributed by atoms with Crippen LogP contribution in [-0.2, 0) is 10.5 Å². The van der Waals surface area contributed by atoms with E-state index < -0.39 is 5.72 Å². The van der Waals surface area contributed by atoms with Crippen molar-refractivity contribution in [1.29, 1.82) is 0 Å². The maximum atomic E-state index is 10.7. The third-order valence-corrected chi connectivity index (χ3v) is 3.55. The molecule has 5 nitrogen and oxygen atoms in total. The van der Waals surface area contributed by atoms with Crippen molar-refractivity contribution in [2.24, 2.45) is 0 Å². The molecule has 1 N–H and O–H groups in total. The van der Waals surface area contributed by atoms with Crippen LogP contribution in [0.4, 0.5) is 5.69 Å². The molecule has 0 aliphatic carbocycles. The van der Waals surface area contributed by atoms with Crippen LogP contribution in [0.3, 0.4) is 0 Å². The second-order valence-corrected chi connectivity index (χ2v) is 4.80. The minimum Gasteiger partial charge on any atom is -0.357 e. The molecule has 0 spiro atoms. The summed E-state index contributed by atoms with van der Waals surface area (Å²) in [6, 6.07) is 6.68. The summed E-state index contributed by atoms with van der Waals surface area (Å²) in [5.41, 5.74) is 0.603. The largest absolute Gasteiger partial charge is 0.357 e. The Bertz CT molecular complexity index is 423. The van der Waals surface area contributed by atoms with Crippen LogP contribution in [0, 0.1) is 10.1 Å². The predicted octanol–water partition coefficient (Wildman–Crippen LogP) is 2.95. The van der Waals surface area contributed by atoms with Gasteiger partial charge >= 0.3 is 0 Å². The maximum Gasteiger partial charge on any atom is 0.269 e. The maximum absolute atomic E-state index is 10.7. The highest BCUT2D eigenvalue weighted by Gasteiger charge is 2.33. The molecule has 0 radical (unpaired) electrons. The highest BCUT2D eigenvalue weighted by Crippen LogP contribution is 2.32. The average molecular weight is 264 g/mol. The molecule has 1 heterocycles. The second-order valence-electron chi connectivity index (χ2n) is 4.80. The van der Waals surface area contributed by atoms with Gasteiger partial charge in [-0.25, -0.2) is 0 Å². The summed E-state index contributed by atoms with van der Waals surface area (Å²) in [6.07, 6.45) is 4.33. The van der Waals surface area contributed by atoms with E-state index in [4.69, 9.17) is 4.74 Å². The van der Waals surface area contributed by atoms with E-state index in [1.807, 2.05) is 6.92 Å². The minimum atomic E-state index is -0.486. The van der Waals surface area contributed by atoms with Crippen LogP contribution in [0.5, 0.6) is 0 Å². The van der Waals surface area contributed by atoms with Crippen LogP contribution in [-0.4, -0.2) is 18.1 Å². The van der Waals surface area contributed by atoms with Crippen LogP contribution in [0.15, 0.2) is 24.3 Å². The van der Waals surface area contributed by atoms with Crippen LogP contribution >= 0.6 is 0 Å². The van der Waals surface area contributed by atoms with Gasteiger partial charge in [-0.3, -0.25) is 15.4 Å². The molecular weight excluding hydrogens is 244 g/mol. The molecule has 1 aromatic rings. The first kappa shape index (κ1) is 14.0. The molecule has 104 valence electrons. The fourth-order valence-corrected chi connectivity index (χ4v) is 2.61. The molecule has 1 unspecified atom stereocenters. The quantitative estimate of drug-likeness (QED) is 0.670. The molecule has 0 bridgehead atoms. The van der Waals surface area contributed by atoms with E-state index in [0.717, 1.165) is 31.4 Å². The van der Waals surface area contributed by atoms with E-state index in [2.05, 4.69) is 5.32 Å². The minimum absolute atomic E-state index is 0.115. The Morgan fingerprint density at radius 2 is 2.05 bits per heavy atom. The van der Waals surface area contributed by atoms with E-state index in [1.165, 1.54) is 6.42 Å². The Morgan fingerprint density at radius 1 is 1.32 bits per heavy atom. The van der Waals surface area contributed by atoms with Crippen molar-refractivity contribution in [3.8, 4) is 0 Å². The van der Waals surface area contributed by atoms with Gasteiger partial charge in [0.15, 0.2) is 0 Å². The predicted molar refractivity (Wildman–Crippen MR) is 72.9 cm³/mol. The number of nitrogens with zero attached hydrogens (tertiary/aromatic N) is 1. The number of non-ortho nitro benzene ring substituents is 1. The number of ether oxygens (including phenoxy) is 1. The molecule has 5 heteroatoms. The Hall–Kier alpha value is -1.46. The van der Waals surface area contributed by atoms with Crippen molar-refractivity contribution in [3.63, 3.8) is 0 Å². The zero-order valence-electron chi connectivity index (χ0n) is 11.2. The Balaban J connectivity index is 2.29. The summed E-state index contributed by atoms with van der Waals surface area (Å²) >= 11 is 0. The molecule has 19 heavy (non-hydrogen) atoms. The molecule has 1 aromatic carbocycles. The Kier molecular flexibility index (Phi) is 4.50.